The quantitative estimate of drug-likeness (QED) is 0.791. The van der Waals surface area contributed by atoms with Crippen molar-refractivity contribution in [1.82, 2.24) is 9.38 Å². The van der Waals surface area contributed by atoms with E-state index in [1.54, 1.807) is 6.07 Å². The van der Waals surface area contributed by atoms with Gasteiger partial charge in [0.05, 0.1) is 5.69 Å². The maximum atomic E-state index is 12.7. The molecule has 1 N–H and O–H groups in total. The highest BCUT2D eigenvalue weighted by atomic mass is 35.5. The largest absolute Gasteiger partial charge is 0.321 e. The van der Waals surface area contributed by atoms with Gasteiger partial charge in [0.1, 0.15) is 11.3 Å². The van der Waals surface area contributed by atoms with Crippen molar-refractivity contribution in [3.05, 3.63) is 64.6 Å². The maximum absolute atomic E-state index is 12.7. The van der Waals surface area contributed by atoms with Crippen LogP contribution in [0, 0.1) is 6.92 Å². The van der Waals surface area contributed by atoms with E-state index in [0.29, 0.717) is 22.8 Å². The number of benzene rings is 1. The summed E-state index contributed by atoms with van der Waals surface area (Å²) < 4.78 is 1.81. The molecule has 0 fully saturated rings. The average molecular weight is 314 g/mol. The molecule has 1 aromatic carbocycles. The smallest absolute Gasteiger partial charge is 0.274 e. The molecule has 0 saturated carbocycles. The summed E-state index contributed by atoms with van der Waals surface area (Å²) in [6.45, 7) is 3.91. The fourth-order valence-electron chi connectivity index (χ4n) is 2.39. The van der Waals surface area contributed by atoms with E-state index in [1.165, 1.54) is 0 Å². The van der Waals surface area contributed by atoms with Crippen LogP contribution in [0.1, 0.15) is 28.7 Å². The standard InChI is InChI=1S/C17H16ClN3O/c1-3-14-16(21-9-5-4-6-15(21)20-14)17(22)19-12-8-7-11(2)13(18)10-12/h4-10H,3H2,1-2H3,(H,19,22). The van der Waals surface area contributed by atoms with Crippen LogP contribution in [0.3, 0.4) is 0 Å². The van der Waals surface area contributed by atoms with Gasteiger partial charge in [-0.05, 0) is 43.2 Å². The van der Waals surface area contributed by atoms with E-state index in [9.17, 15) is 4.79 Å². The number of halogens is 1. The van der Waals surface area contributed by atoms with Crippen molar-refractivity contribution in [3.63, 3.8) is 0 Å². The molecule has 5 heteroatoms. The molecule has 1 amide bonds. The number of carbonyl (C=O) groups is 1. The molecular formula is C17H16ClN3O. The molecule has 0 spiro atoms. The third-order valence-electron chi connectivity index (χ3n) is 3.58. The Balaban J connectivity index is 1.99. The number of aromatic nitrogens is 2. The first-order valence-corrected chi connectivity index (χ1v) is 7.51. The minimum atomic E-state index is -0.185. The number of hydrogen-bond donors (Lipinski definition) is 1. The predicted octanol–water partition coefficient (Wildman–Crippen LogP) is 4.11. The van der Waals surface area contributed by atoms with Crippen LogP contribution in [0.25, 0.3) is 5.65 Å². The zero-order chi connectivity index (χ0) is 15.7. The fourth-order valence-corrected chi connectivity index (χ4v) is 2.57. The summed E-state index contributed by atoms with van der Waals surface area (Å²) in [5, 5.41) is 3.53. The number of rotatable bonds is 3. The first kappa shape index (κ1) is 14.6. The summed E-state index contributed by atoms with van der Waals surface area (Å²) >= 11 is 6.11. The summed E-state index contributed by atoms with van der Waals surface area (Å²) in [5.74, 6) is -0.185. The molecule has 112 valence electrons. The summed E-state index contributed by atoms with van der Waals surface area (Å²) in [6.07, 6.45) is 2.54. The van der Waals surface area contributed by atoms with Crippen molar-refractivity contribution in [2.24, 2.45) is 0 Å². The van der Waals surface area contributed by atoms with E-state index in [4.69, 9.17) is 11.6 Å². The molecule has 0 aliphatic heterocycles. The second-order valence-corrected chi connectivity index (χ2v) is 5.51. The minimum absolute atomic E-state index is 0.185. The van der Waals surface area contributed by atoms with E-state index >= 15 is 0 Å². The van der Waals surface area contributed by atoms with Crippen LogP contribution in [0.4, 0.5) is 5.69 Å². The first-order chi connectivity index (χ1) is 10.6. The van der Waals surface area contributed by atoms with Gasteiger partial charge in [-0.2, -0.15) is 0 Å². The zero-order valence-electron chi connectivity index (χ0n) is 12.4. The lowest BCUT2D eigenvalue weighted by atomic mass is 10.2. The highest BCUT2D eigenvalue weighted by molar-refractivity contribution is 6.31. The summed E-state index contributed by atoms with van der Waals surface area (Å²) in [4.78, 5) is 17.2. The van der Waals surface area contributed by atoms with Crippen molar-refractivity contribution >= 4 is 28.8 Å². The average Bonchev–Trinajstić information content (AvgIpc) is 2.89. The second kappa shape index (κ2) is 5.81. The molecule has 4 nitrogen and oxygen atoms in total. The van der Waals surface area contributed by atoms with Gasteiger partial charge in [0.25, 0.3) is 5.91 Å². The topological polar surface area (TPSA) is 46.4 Å². The number of pyridine rings is 1. The molecular weight excluding hydrogens is 298 g/mol. The normalized spacial score (nSPS) is 10.9. The number of hydrogen-bond acceptors (Lipinski definition) is 2. The lowest BCUT2D eigenvalue weighted by molar-refractivity contribution is 0.102. The first-order valence-electron chi connectivity index (χ1n) is 7.13. The van der Waals surface area contributed by atoms with Crippen LogP contribution >= 0.6 is 11.6 Å². The number of imidazole rings is 1. The molecule has 2 aromatic heterocycles. The number of nitrogens with one attached hydrogen (secondary N) is 1. The van der Waals surface area contributed by atoms with Gasteiger partial charge in [-0.15, -0.1) is 0 Å². The van der Waals surface area contributed by atoms with Crippen molar-refractivity contribution in [2.75, 3.05) is 5.32 Å². The van der Waals surface area contributed by atoms with Crippen LogP contribution in [0.2, 0.25) is 5.02 Å². The van der Waals surface area contributed by atoms with Crippen molar-refractivity contribution in [3.8, 4) is 0 Å². The molecule has 0 aliphatic carbocycles. The molecule has 0 atom stereocenters. The zero-order valence-corrected chi connectivity index (χ0v) is 13.2. The SMILES string of the molecule is CCc1nc2ccccn2c1C(=O)Nc1ccc(C)c(Cl)c1. The second-order valence-electron chi connectivity index (χ2n) is 5.11. The Morgan fingerprint density at radius 3 is 2.86 bits per heavy atom. The van der Waals surface area contributed by atoms with Gasteiger partial charge in [0.15, 0.2) is 0 Å². The van der Waals surface area contributed by atoms with E-state index in [2.05, 4.69) is 10.3 Å². The van der Waals surface area contributed by atoms with Gasteiger partial charge in [0, 0.05) is 16.9 Å². The van der Waals surface area contributed by atoms with Gasteiger partial charge >= 0.3 is 0 Å². The summed E-state index contributed by atoms with van der Waals surface area (Å²) in [6, 6.07) is 11.2. The molecule has 0 aliphatic rings. The van der Waals surface area contributed by atoms with E-state index in [1.807, 2.05) is 54.8 Å². The van der Waals surface area contributed by atoms with Gasteiger partial charge in [-0.25, -0.2) is 4.98 Å². The Morgan fingerprint density at radius 1 is 1.32 bits per heavy atom. The minimum Gasteiger partial charge on any atom is -0.321 e. The number of nitrogens with zero attached hydrogens (tertiary/aromatic N) is 2. The summed E-state index contributed by atoms with van der Waals surface area (Å²) in [5.41, 5.74) is 3.76. The molecule has 0 saturated heterocycles. The van der Waals surface area contributed by atoms with E-state index < -0.39 is 0 Å². The molecule has 3 aromatic rings. The number of fused-ring (bicyclic) bond motifs is 1. The van der Waals surface area contributed by atoms with Crippen molar-refractivity contribution in [1.29, 1.82) is 0 Å². The number of carbonyl (C=O) groups excluding carboxylic acids is 1. The van der Waals surface area contributed by atoms with E-state index in [-0.39, 0.29) is 5.91 Å². The Labute approximate surface area is 133 Å². The van der Waals surface area contributed by atoms with E-state index in [0.717, 1.165) is 16.9 Å². The lowest BCUT2D eigenvalue weighted by Crippen LogP contribution is -2.16. The van der Waals surface area contributed by atoms with Crippen LogP contribution in [-0.4, -0.2) is 15.3 Å². The molecule has 0 bridgehead atoms. The maximum Gasteiger partial charge on any atom is 0.274 e. The molecule has 0 unspecified atom stereocenters. The fraction of sp³-hybridized carbons (Fsp3) is 0.176. The number of amides is 1. The van der Waals surface area contributed by atoms with Crippen LogP contribution < -0.4 is 5.32 Å². The Bertz CT molecular complexity index is 854. The summed E-state index contributed by atoms with van der Waals surface area (Å²) in [7, 11) is 0. The molecule has 3 rings (SSSR count). The lowest BCUT2D eigenvalue weighted by Gasteiger charge is -2.08. The van der Waals surface area contributed by atoms with Gasteiger partial charge in [0.2, 0.25) is 0 Å². The number of aryl methyl sites for hydroxylation is 2. The predicted molar refractivity (Wildman–Crippen MR) is 88.7 cm³/mol. The molecule has 2 heterocycles. The van der Waals surface area contributed by atoms with Crippen LogP contribution in [-0.2, 0) is 6.42 Å². The van der Waals surface area contributed by atoms with Crippen molar-refractivity contribution in [2.45, 2.75) is 20.3 Å². The highest BCUT2D eigenvalue weighted by Gasteiger charge is 2.18. The Kier molecular flexibility index (Phi) is 3.86. The van der Waals surface area contributed by atoms with Gasteiger partial charge in [-0.1, -0.05) is 30.7 Å². The van der Waals surface area contributed by atoms with Gasteiger partial charge < -0.3 is 5.32 Å². The third kappa shape index (κ3) is 2.57. The van der Waals surface area contributed by atoms with Crippen LogP contribution in [0.5, 0.6) is 0 Å². The Hall–Kier alpha value is -2.33. The third-order valence-corrected chi connectivity index (χ3v) is 3.99. The highest BCUT2D eigenvalue weighted by Crippen LogP contribution is 2.21. The molecule has 22 heavy (non-hydrogen) atoms. The monoisotopic (exact) mass is 313 g/mol. The van der Waals surface area contributed by atoms with Gasteiger partial charge in [-0.3, -0.25) is 9.20 Å². The van der Waals surface area contributed by atoms with Crippen molar-refractivity contribution < 1.29 is 4.79 Å². The Morgan fingerprint density at radius 2 is 2.14 bits per heavy atom. The van der Waals surface area contributed by atoms with Crippen LogP contribution in [0.15, 0.2) is 42.6 Å². The number of anilines is 1. The molecule has 0 radical (unpaired) electrons.